The van der Waals surface area contributed by atoms with Gasteiger partial charge in [0.2, 0.25) is 0 Å². The molecule has 0 aliphatic heterocycles. The molecule has 1 heterocycles. The van der Waals surface area contributed by atoms with Gasteiger partial charge in [0, 0.05) is 21.1 Å². The second kappa shape index (κ2) is 8.32. The number of pyridine rings is 1. The van der Waals surface area contributed by atoms with E-state index >= 15 is 0 Å². The van der Waals surface area contributed by atoms with E-state index < -0.39 is 5.97 Å². The number of aromatic nitrogens is 1. The first-order chi connectivity index (χ1) is 14.8. The van der Waals surface area contributed by atoms with Gasteiger partial charge in [-0.2, -0.15) is 0 Å². The van der Waals surface area contributed by atoms with E-state index in [1.54, 1.807) is 19.1 Å². The number of carboxylic acids is 1. The minimum Gasteiger partial charge on any atom is -0.478 e. The molecule has 154 valence electrons. The van der Waals surface area contributed by atoms with Gasteiger partial charge in [-0.25, -0.2) is 9.78 Å². The lowest BCUT2D eigenvalue weighted by molar-refractivity contribution is 0.0696. The lowest BCUT2D eigenvalue weighted by Gasteiger charge is -2.16. The van der Waals surface area contributed by atoms with E-state index in [0.29, 0.717) is 16.8 Å². The van der Waals surface area contributed by atoms with Crippen LogP contribution in [0.2, 0.25) is 0 Å². The summed E-state index contributed by atoms with van der Waals surface area (Å²) in [5.41, 5.74) is 5.12. The summed E-state index contributed by atoms with van der Waals surface area (Å²) < 4.78 is 0.852. The summed E-state index contributed by atoms with van der Waals surface area (Å²) in [6, 6.07) is 20.1. The van der Waals surface area contributed by atoms with Crippen molar-refractivity contribution in [2.45, 2.75) is 13.8 Å². The lowest BCUT2D eigenvalue weighted by Crippen LogP contribution is -2.16. The average Bonchev–Trinajstić information content (AvgIpc) is 2.75. The molecular formula is C25H19BrN2O3. The molecule has 1 aromatic heterocycles. The third-order valence-corrected chi connectivity index (χ3v) is 5.68. The molecule has 0 saturated carbocycles. The molecule has 0 unspecified atom stereocenters. The van der Waals surface area contributed by atoms with Crippen molar-refractivity contribution in [1.82, 2.24) is 4.98 Å². The molecule has 1 amide bonds. The topological polar surface area (TPSA) is 79.3 Å². The normalized spacial score (nSPS) is 10.8. The molecule has 0 aliphatic rings. The quantitative estimate of drug-likeness (QED) is 0.367. The van der Waals surface area contributed by atoms with Crippen LogP contribution in [0, 0.1) is 13.8 Å². The molecule has 6 heteroatoms. The van der Waals surface area contributed by atoms with Crippen molar-refractivity contribution >= 4 is 44.4 Å². The molecule has 0 spiro atoms. The van der Waals surface area contributed by atoms with Gasteiger partial charge in [-0.05, 0) is 61.4 Å². The number of halogens is 1. The fourth-order valence-electron chi connectivity index (χ4n) is 3.62. The Morgan fingerprint density at radius 2 is 1.71 bits per heavy atom. The number of aromatic carboxylic acids is 1. The van der Waals surface area contributed by atoms with Gasteiger partial charge in [0.05, 0.1) is 22.3 Å². The molecule has 31 heavy (non-hydrogen) atoms. The molecule has 0 fully saturated rings. The maximum atomic E-state index is 13.4. The van der Waals surface area contributed by atoms with Crippen LogP contribution in [0.1, 0.15) is 31.8 Å². The highest BCUT2D eigenvalue weighted by Gasteiger charge is 2.20. The SMILES string of the molecule is Cc1cc(C(=O)O)ccc1NC(=O)c1c(C)c(-c2ccccc2)nc2ccc(Br)cc12. The largest absolute Gasteiger partial charge is 0.478 e. The first-order valence-corrected chi connectivity index (χ1v) is 10.4. The van der Waals surface area contributed by atoms with Crippen LogP contribution >= 0.6 is 15.9 Å². The van der Waals surface area contributed by atoms with Gasteiger partial charge in [-0.3, -0.25) is 4.79 Å². The monoisotopic (exact) mass is 474 g/mol. The number of hydrogen-bond donors (Lipinski definition) is 2. The second-order valence-corrected chi connectivity index (χ2v) is 8.19. The Morgan fingerprint density at radius 3 is 2.39 bits per heavy atom. The van der Waals surface area contributed by atoms with E-state index in [-0.39, 0.29) is 11.5 Å². The molecule has 4 rings (SSSR count). The van der Waals surface area contributed by atoms with E-state index in [1.165, 1.54) is 6.07 Å². The number of fused-ring (bicyclic) bond motifs is 1. The van der Waals surface area contributed by atoms with Crippen molar-refractivity contribution in [3.8, 4) is 11.3 Å². The van der Waals surface area contributed by atoms with Gasteiger partial charge >= 0.3 is 5.97 Å². The van der Waals surface area contributed by atoms with Crippen LogP contribution in [0.3, 0.4) is 0 Å². The molecule has 4 aromatic rings. The number of anilines is 1. The predicted molar refractivity (Wildman–Crippen MR) is 126 cm³/mol. The van der Waals surface area contributed by atoms with Gasteiger partial charge in [0.1, 0.15) is 0 Å². The number of carbonyl (C=O) groups excluding carboxylic acids is 1. The number of amides is 1. The van der Waals surface area contributed by atoms with Crippen molar-refractivity contribution in [2.75, 3.05) is 5.32 Å². The van der Waals surface area contributed by atoms with E-state index in [4.69, 9.17) is 4.98 Å². The minimum absolute atomic E-state index is 0.177. The first-order valence-electron chi connectivity index (χ1n) is 9.65. The fourth-order valence-corrected chi connectivity index (χ4v) is 3.98. The summed E-state index contributed by atoms with van der Waals surface area (Å²) in [7, 11) is 0. The molecule has 0 bridgehead atoms. The number of carbonyl (C=O) groups is 2. The summed E-state index contributed by atoms with van der Waals surface area (Å²) in [6.45, 7) is 3.66. The van der Waals surface area contributed by atoms with Crippen LogP contribution in [0.5, 0.6) is 0 Å². The highest BCUT2D eigenvalue weighted by atomic mass is 79.9. The zero-order chi connectivity index (χ0) is 22.1. The van der Waals surface area contributed by atoms with Crippen molar-refractivity contribution < 1.29 is 14.7 Å². The van der Waals surface area contributed by atoms with Crippen molar-refractivity contribution in [1.29, 1.82) is 0 Å². The fraction of sp³-hybridized carbons (Fsp3) is 0.0800. The molecule has 0 radical (unpaired) electrons. The average molecular weight is 475 g/mol. The van der Waals surface area contributed by atoms with Gasteiger partial charge in [-0.1, -0.05) is 46.3 Å². The Labute approximate surface area is 187 Å². The van der Waals surface area contributed by atoms with Gasteiger partial charge in [0.25, 0.3) is 5.91 Å². The number of aryl methyl sites for hydroxylation is 1. The van der Waals surface area contributed by atoms with Crippen LogP contribution in [-0.4, -0.2) is 22.0 Å². The number of nitrogens with one attached hydrogen (secondary N) is 1. The minimum atomic E-state index is -1.01. The van der Waals surface area contributed by atoms with E-state index in [1.807, 2.05) is 55.5 Å². The third kappa shape index (κ3) is 4.07. The smallest absolute Gasteiger partial charge is 0.335 e. The van der Waals surface area contributed by atoms with Crippen LogP contribution in [-0.2, 0) is 0 Å². The lowest BCUT2D eigenvalue weighted by atomic mass is 9.97. The Bertz CT molecular complexity index is 1330. The summed E-state index contributed by atoms with van der Waals surface area (Å²) in [4.78, 5) is 29.5. The van der Waals surface area contributed by atoms with E-state index in [9.17, 15) is 14.7 Å². The number of nitrogens with zero attached hydrogens (tertiary/aromatic N) is 1. The molecule has 0 aliphatic carbocycles. The summed E-state index contributed by atoms with van der Waals surface area (Å²) in [5, 5.41) is 12.9. The Balaban J connectivity index is 1.85. The molecule has 5 nitrogen and oxygen atoms in total. The molecule has 0 saturated heterocycles. The summed E-state index contributed by atoms with van der Waals surface area (Å²) in [6.07, 6.45) is 0. The van der Waals surface area contributed by atoms with Crippen LogP contribution in [0.15, 0.2) is 71.2 Å². The van der Waals surface area contributed by atoms with Crippen molar-refractivity contribution in [3.63, 3.8) is 0 Å². The second-order valence-electron chi connectivity index (χ2n) is 7.28. The van der Waals surface area contributed by atoms with Gasteiger partial charge in [-0.15, -0.1) is 0 Å². The Hall–Kier alpha value is -3.51. The van der Waals surface area contributed by atoms with Crippen molar-refractivity contribution in [2.24, 2.45) is 0 Å². The molecular weight excluding hydrogens is 456 g/mol. The predicted octanol–water partition coefficient (Wildman–Crippen LogP) is 6.23. The zero-order valence-electron chi connectivity index (χ0n) is 16.9. The Kier molecular flexibility index (Phi) is 5.57. The van der Waals surface area contributed by atoms with Gasteiger partial charge < -0.3 is 10.4 Å². The Morgan fingerprint density at radius 1 is 0.968 bits per heavy atom. The molecule has 0 atom stereocenters. The molecule has 3 aromatic carbocycles. The van der Waals surface area contributed by atoms with E-state index in [0.717, 1.165) is 32.2 Å². The third-order valence-electron chi connectivity index (χ3n) is 5.19. The number of rotatable bonds is 4. The standard InChI is InChI=1S/C25H19BrN2O3/c1-14-12-17(25(30)31)8-10-20(14)28-24(29)22-15(2)23(16-6-4-3-5-7-16)27-21-11-9-18(26)13-19(21)22/h3-13H,1-2H3,(H,28,29)(H,30,31). The highest BCUT2D eigenvalue weighted by molar-refractivity contribution is 9.10. The van der Waals surface area contributed by atoms with Crippen LogP contribution in [0.4, 0.5) is 5.69 Å². The van der Waals surface area contributed by atoms with Gasteiger partial charge in [0.15, 0.2) is 0 Å². The number of hydrogen-bond acceptors (Lipinski definition) is 3. The zero-order valence-corrected chi connectivity index (χ0v) is 18.5. The highest BCUT2D eigenvalue weighted by Crippen LogP contribution is 2.32. The van der Waals surface area contributed by atoms with Crippen LogP contribution < -0.4 is 5.32 Å². The van der Waals surface area contributed by atoms with E-state index in [2.05, 4.69) is 21.2 Å². The maximum absolute atomic E-state index is 13.4. The maximum Gasteiger partial charge on any atom is 0.335 e. The first kappa shape index (κ1) is 20.8. The number of benzene rings is 3. The molecule has 2 N–H and O–H groups in total. The number of carboxylic acid groups (broad SMARTS) is 1. The summed E-state index contributed by atoms with van der Waals surface area (Å²) in [5.74, 6) is -1.28. The summed E-state index contributed by atoms with van der Waals surface area (Å²) >= 11 is 3.49. The van der Waals surface area contributed by atoms with Crippen molar-refractivity contribution in [3.05, 3.63) is 93.5 Å². The van der Waals surface area contributed by atoms with Crippen LogP contribution in [0.25, 0.3) is 22.2 Å².